The van der Waals surface area contributed by atoms with Crippen LogP contribution in [0.15, 0.2) is 54.6 Å². The lowest BCUT2D eigenvalue weighted by molar-refractivity contribution is 0.302. The van der Waals surface area contributed by atoms with E-state index in [0.717, 1.165) is 32.7 Å². The van der Waals surface area contributed by atoms with Crippen molar-refractivity contribution in [1.29, 1.82) is 0 Å². The summed E-state index contributed by atoms with van der Waals surface area (Å²) in [6.45, 7) is 9.79. The largest absolute Gasteiger partial charge is 0.311 e. The van der Waals surface area contributed by atoms with E-state index in [1.54, 1.807) is 0 Å². The smallest absolute Gasteiger partial charge is 0.0206 e. The Morgan fingerprint density at radius 1 is 0.810 bits per heavy atom. The van der Waals surface area contributed by atoms with E-state index < -0.39 is 0 Å². The first-order chi connectivity index (χ1) is 10.3. The molecule has 2 aromatic rings. The van der Waals surface area contributed by atoms with E-state index in [9.17, 15) is 0 Å². The predicted molar refractivity (Wildman–Crippen MR) is 91.4 cm³/mol. The van der Waals surface area contributed by atoms with Gasteiger partial charge in [0.1, 0.15) is 0 Å². The van der Waals surface area contributed by atoms with Gasteiger partial charge in [-0.2, -0.15) is 0 Å². The number of nitrogens with one attached hydrogen (secondary N) is 1. The molecule has 2 nitrogen and oxygen atoms in total. The van der Waals surface area contributed by atoms with E-state index in [4.69, 9.17) is 0 Å². The lowest BCUT2D eigenvalue weighted by Crippen LogP contribution is -2.31. The van der Waals surface area contributed by atoms with Crippen molar-refractivity contribution in [1.82, 2.24) is 10.2 Å². The normalized spacial score (nSPS) is 11.0. The van der Waals surface area contributed by atoms with Crippen molar-refractivity contribution in [3.8, 4) is 11.1 Å². The van der Waals surface area contributed by atoms with Crippen molar-refractivity contribution in [3.05, 3.63) is 60.2 Å². The summed E-state index contributed by atoms with van der Waals surface area (Å²) in [5.74, 6) is 0. The molecule has 1 N–H and O–H groups in total. The van der Waals surface area contributed by atoms with Crippen molar-refractivity contribution in [2.75, 3.05) is 26.2 Å². The molecule has 0 aliphatic heterocycles. The number of likely N-dealkylation sites (N-methyl/N-ethyl adjacent to an activating group) is 1. The average Bonchev–Trinajstić information content (AvgIpc) is 2.56. The summed E-state index contributed by atoms with van der Waals surface area (Å²) in [7, 11) is 0. The second-order valence-electron chi connectivity index (χ2n) is 5.27. The number of nitrogens with zero attached hydrogens (tertiary/aromatic N) is 1. The minimum atomic E-state index is 0.941. The van der Waals surface area contributed by atoms with Crippen molar-refractivity contribution >= 4 is 0 Å². The molecule has 0 saturated carbocycles. The molecule has 0 bridgehead atoms. The minimum absolute atomic E-state index is 0.941. The standard InChI is InChI=1S/C19H26N2/c1-3-21(4-2)15-14-20-16-17-10-12-19(13-11-17)18-8-6-5-7-9-18/h5-13,20H,3-4,14-16H2,1-2H3. The Balaban J connectivity index is 1.80. The quantitative estimate of drug-likeness (QED) is 0.741. The van der Waals surface area contributed by atoms with Gasteiger partial charge in [-0.05, 0) is 29.8 Å². The lowest BCUT2D eigenvalue weighted by atomic mass is 10.0. The molecule has 0 radical (unpaired) electrons. The average molecular weight is 282 g/mol. The molecule has 2 rings (SSSR count). The van der Waals surface area contributed by atoms with Crippen LogP contribution in [0, 0.1) is 0 Å². The highest BCUT2D eigenvalue weighted by Crippen LogP contribution is 2.19. The molecule has 0 saturated heterocycles. The number of benzene rings is 2. The van der Waals surface area contributed by atoms with Crippen LogP contribution in [0.1, 0.15) is 19.4 Å². The first kappa shape index (κ1) is 15.7. The molecule has 21 heavy (non-hydrogen) atoms. The summed E-state index contributed by atoms with van der Waals surface area (Å²) < 4.78 is 0. The molecular weight excluding hydrogens is 256 g/mol. The van der Waals surface area contributed by atoms with Crippen molar-refractivity contribution in [2.45, 2.75) is 20.4 Å². The van der Waals surface area contributed by atoms with E-state index in [1.165, 1.54) is 16.7 Å². The molecule has 2 aromatic carbocycles. The van der Waals surface area contributed by atoms with Crippen molar-refractivity contribution < 1.29 is 0 Å². The molecule has 0 amide bonds. The fourth-order valence-corrected chi connectivity index (χ4v) is 2.46. The molecule has 0 aromatic heterocycles. The summed E-state index contributed by atoms with van der Waals surface area (Å²) in [5.41, 5.74) is 3.90. The van der Waals surface area contributed by atoms with Gasteiger partial charge in [0.05, 0.1) is 0 Å². The third kappa shape index (κ3) is 5.00. The van der Waals surface area contributed by atoms with Gasteiger partial charge in [-0.1, -0.05) is 68.4 Å². The Labute approximate surface area is 128 Å². The molecule has 0 fully saturated rings. The van der Waals surface area contributed by atoms with E-state index in [-0.39, 0.29) is 0 Å². The van der Waals surface area contributed by atoms with Gasteiger partial charge in [0.25, 0.3) is 0 Å². The predicted octanol–water partition coefficient (Wildman–Crippen LogP) is 3.79. The van der Waals surface area contributed by atoms with Crippen LogP contribution in [0.25, 0.3) is 11.1 Å². The zero-order chi connectivity index (χ0) is 14.9. The van der Waals surface area contributed by atoms with Crippen LogP contribution in [0.2, 0.25) is 0 Å². The molecule has 0 heterocycles. The van der Waals surface area contributed by atoms with Crippen molar-refractivity contribution in [2.24, 2.45) is 0 Å². The van der Waals surface area contributed by atoms with Gasteiger partial charge in [-0.3, -0.25) is 0 Å². The molecule has 0 aliphatic carbocycles. The topological polar surface area (TPSA) is 15.3 Å². The maximum absolute atomic E-state index is 3.52. The van der Waals surface area contributed by atoms with Crippen LogP contribution in [-0.4, -0.2) is 31.1 Å². The minimum Gasteiger partial charge on any atom is -0.311 e. The van der Waals surface area contributed by atoms with Crippen LogP contribution < -0.4 is 5.32 Å². The fourth-order valence-electron chi connectivity index (χ4n) is 2.46. The Hall–Kier alpha value is -1.64. The molecule has 0 atom stereocenters. The Morgan fingerprint density at radius 2 is 1.43 bits per heavy atom. The van der Waals surface area contributed by atoms with Gasteiger partial charge in [-0.25, -0.2) is 0 Å². The Bertz CT molecular complexity index is 501. The first-order valence-electron chi connectivity index (χ1n) is 7.91. The molecule has 0 spiro atoms. The van der Waals surface area contributed by atoms with Gasteiger partial charge in [0.15, 0.2) is 0 Å². The second kappa shape index (κ2) is 8.60. The number of hydrogen-bond donors (Lipinski definition) is 1. The van der Waals surface area contributed by atoms with E-state index in [0.29, 0.717) is 0 Å². The summed E-state index contributed by atoms with van der Waals surface area (Å²) in [5, 5.41) is 3.52. The highest BCUT2D eigenvalue weighted by molar-refractivity contribution is 5.63. The van der Waals surface area contributed by atoms with E-state index in [1.807, 2.05) is 0 Å². The zero-order valence-corrected chi connectivity index (χ0v) is 13.2. The first-order valence-corrected chi connectivity index (χ1v) is 7.91. The highest BCUT2D eigenvalue weighted by Gasteiger charge is 1.99. The van der Waals surface area contributed by atoms with Crippen LogP contribution in [0.5, 0.6) is 0 Å². The summed E-state index contributed by atoms with van der Waals surface area (Å²) in [4.78, 5) is 2.44. The van der Waals surface area contributed by atoms with Gasteiger partial charge in [0, 0.05) is 19.6 Å². The number of rotatable bonds is 8. The second-order valence-corrected chi connectivity index (χ2v) is 5.27. The Morgan fingerprint density at radius 3 is 2.05 bits per heavy atom. The fraction of sp³-hybridized carbons (Fsp3) is 0.368. The van der Waals surface area contributed by atoms with Crippen LogP contribution in [0.4, 0.5) is 0 Å². The van der Waals surface area contributed by atoms with Gasteiger partial charge < -0.3 is 10.2 Å². The van der Waals surface area contributed by atoms with E-state index >= 15 is 0 Å². The third-order valence-corrected chi connectivity index (χ3v) is 3.89. The molecule has 0 aliphatic rings. The Kier molecular flexibility index (Phi) is 6.45. The lowest BCUT2D eigenvalue weighted by Gasteiger charge is -2.18. The van der Waals surface area contributed by atoms with Crippen LogP contribution >= 0.6 is 0 Å². The van der Waals surface area contributed by atoms with Crippen molar-refractivity contribution in [3.63, 3.8) is 0 Å². The molecule has 0 unspecified atom stereocenters. The highest BCUT2D eigenvalue weighted by atomic mass is 15.1. The maximum Gasteiger partial charge on any atom is 0.0206 e. The van der Waals surface area contributed by atoms with Gasteiger partial charge >= 0.3 is 0 Å². The SMILES string of the molecule is CCN(CC)CCNCc1ccc(-c2ccccc2)cc1. The molecule has 2 heteroatoms. The summed E-state index contributed by atoms with van der Waals surface area (Å²) in [6.07, 6.45) is 0. The zero-order valence-electron chi connectivity index (χ0n) is 13.2. The monoisotopic (exact) mass is 282 g/mol. The van der Waals surface area contributed by atoms with Crippen LogP contribution in [0.3, 0.4) is 0 Å². The van der Waals surface area contributed by atoms with Crippen LogP contribution in [-0.2, 0) is 6.54 Å². The number of hydrogen-bond acceptors (Lipinski definition) is 2. The summed E-state index contributed by atoms with van der Waals surface area (Å²) in [6, 6.07) is 19.4. The third-order valence-electron chi connectivity index (χ3n) is 3.89. The summed E-state index contributed by atoms with van der Waals surface area (Å²) >= 11 is 0. The molecule has 112 valence electrons. The maximum atomic E-state index is 3.52. The van der Waals surface area contributed by atoms with Gasteiger partial charge in [-0.15, -0.1) is 0 Å². The van der Waals surface area contributed by atoms with E-state index in [2.05, 4.69) is 78.7 Å². The van der Waals surface area contributed by atoms with Gasteiger partial charge in [0.2, 0.25) is 0 Å². The molecular formula is C19H26N2.